The summed E-state index contributed by atoms with van der Waals surface area (Å²) in [6.07, 6.45) is 1.07. The van der Waals surface area contributed by atoms with E-state index in [1.165, 1.54) is 4.31 Å². The van der Waals surface area contributed by atoms with Crippen LogP contribution in [0.4, 0.5) is 0 Å². The van der Waals surface area contributed by atoms with Gasteiger partial charge in [0.25, 0.3) is 0 Å². The molecule has 2 aromatic carbocycles. The zero-order valence-electron chi connectivity index (χ0n) is 17.1. The predicted octanol–water partition coefficient (Wildman–Crippen LogP) is 2.32. The molecule has 0 aliphatic carbocycles. The summed E-state index contributed by atoms with van der Waals surface area (Å²) in [5, 5.41) is 3.42. The van der Waals surface area contributed by atoms with Gasteiger partial charge in [0.2, 0.25) is 10.0 Å². The molecule has 1 aliphatic heterocycles. The fourth-order valence-corrected chi connectivity index (χ4v) is 4.64. The first-order valence-corrected chi connectivity index (χ1v) is 11.6. The molecule has 0 bridgehead atoms. The van der Waals surface area contributed by atoms with Crippen LogP contribution >= 0.6 is 0 Å². The van der Waals surface area contributed by atoms with E-state index >= 15 is 0 Å². The van der Waals surface area contributed by atoms with Gasteiger partial charge in [-0.2, -0.15) is 4.31 Å². The van der Waals surface area contributed by atoms with Crippen LogP contribution in [-0.2, 0) is 27.8 Å². The van der Waals surface area contributed by atoms with Crippen molar-refractivity contribution in [3.05, 3.63) is 65.7 Å². The van der Waals surface area contributed by atoms with E-state index in [0.29, 0.717) is 18.0 Å². The van der Waals surface area contributed by atoms with Crippen molar-refractivity contribution in [2.24, 2.45) is 0 Å². The van der Waals surface area contributed by atoms with E-state index in [1.807, 2.05) is 42.5 Å². The lowest BCUT2D eigenvalue weighted by molar-refractivity contribution is 0.0374. The van der Waals surface area contributed by atoms with Crippen molar-refractivity contribution in [1.82, 2.24) is 14.5 Å². The Bertz CT molecular complexity index is 853. The maximum absolute atomic E-state index is 12.9. The second kappa shape index (κ2) is 10.8. The summed E-state index contributed by atoms with van der Waals surface area (Å²) in [5.41, 5.74) is 1.95. The van der Waals surface area contributed by atoms with Crippen molar-refractivity contribution in [3.8, 4) is 0 Å². The second-order valence-corrected chi connectivity index (χ2v) is 9.42. The van der Waals surface area contributed by atoms with E-state index < -0.39 is 10.0 Å². The van der Waals surface area contributed by atoms with Crippen molar-refractivity contribution in [3.63, 3.8) is 0 Å². The summed E-state index contributed by atoms with van der Waals surface area (Å²) in [6, 6.07) is 16.8. The van der Waals surface area contributed by atoms with Gasteiger partial charge in [0.15, 0.2) is 0 Å². The Morgan fingerprint density at radius 3 is 2.52 bits per heavy atom. The quantitative estimate of drug-likeness (QED) is 0.601. The normalized spacial score (nSPS) is 15.7. The minimum Gasteiger partial charge on any atom is -0.379 e. The molecule has 6 nitrogen and oxygen atoms in total. The molecule has 0 unspecified atom stereocenters. The van der Waals surface area contributed by atoms with Crippen molar-refractivity contribution in [1.29, 1.82) is 0 Å². The molecule has 1 heterocycles. The van der Waals surface area contributed by atoms with Gasteiger partial charge in [-0.1, -0.05) is 42.5 Å². The second-order valence-electron chi connectivity index (χ2n) is 7.38. The van der Waals surface area contributed by atoms with Gasteiger partial charge >= 0.3 is 0 Å². The van der Waals surface area contributed by atoms with Gasteiger partial charge in [0.1, 0.15) is 0 Å². The summed E-state index contributed by atoms with van der Waals surface area (Å²) >= 11 is 0. The van der Waals surface area contributed by atoms with Crippen molar-refractivity contribution >= 4 is 10.0 Å². The first-order valence-electron chi connectivity index (χ1n) is 10.2. The maximum atomic E-state index is 12.9. The van der Waals surface area contributed by atoms with E-state index in [2.05, 4.69) is 10.2 Å². The lowest BCUT2D eigenvalue weighted by Gasteiger charge is -2.26. The molecule has 29 heavy (non-hydrogen) atoms. The van der Waals surface area contributed by atoms with Gasteiger partial charge in [0.05, 0.1) is 18.1 Å². The zero-order valence-corrected chi connectivity index (χ0v) is 17.9. The van der Waals surface area contributed by atoms with E-state index in [1.54, 1.807) is 19.2 Å². The number of morpholine rings is 1. The SMILES string of the molecule is CN(Cc1ccccc1)S(=O)(=O)c1cccc(CNCCCN2CCOCC2)c1. The standard InChI is InChI=1S/C22H31N3O3S/c1-24(19-20-7-3-2-4-8-20)29(26,27)22-10-5-9-21(17-22)18-23-11-6-12-25-13-15-28-16-14-25/h2-5,7-10,17,23H,6,11-16,18-19H2,1H3. The van der Waals surface area contributed by atoms with Gasteiger partial charge < -0.3 is 10.1 Å². The molecule has 0 aromatic heterocycles. The number of sulfonamides is 1. The minimum absolute atomic E-state index is 0.337. The first kappa shape index (κ1) is 21.9. The highest BCUT2D eigenvalue weighted by Gasteiger charge is 2.21. The molecule has 158 valence electrons. The summed E-state index contributed by atoms with van der Waals surface area (Å²) in [5.74, 6) is 0. The smallest absolute Gasteiger partial charge is 0.243 e. The molecule has 0 saturated carbocycles. The van der Waals surface area contributed by atoms with Gasteiger partial charge in [-0.3, -0.25) is 4.90 Å². The first-order chi connectivity index (χ1) is 14.1. The third-order valence-corrected chi connectivity index (χ3v) is 6.91. The van der Waals surface area contributed by atoms with Gasteiger partial charge in [-0.25, -0.2) is 8.42 Å². The molecule has 0 amide bonds. The topological polar surface area (TPSA) is 61.9 Å². The Hall–Kier alpha value is -1.77. The lowest BCUT2D eigenvalue weighted by Crippen LogP contribution is -2.37. The molecule has 1 N–H and O–H groups in total. The van der Waals surface area contributed by atoms with Gasteiger partial charge in [0, 0.05) is 33.2 Å². The molecule has 1 aliphatic rings. The zero-order chi connectivity index (χ0) is 20.5. The van der Waals surface area contributed by atoms with Crippen LogP contribution in [0.1, 0.15) is 17.5 Å². The van der Waals surface area contributed by atoms with E-state index in [-0.39, 0.29) is 0 Å². The molecule has 3 rings (SSSR count). The number of benzene rings is 2. The van der Waals surface area contributed by atoms with Crippen LogP contribution in [0.3, 0.4) is 0 Å². The highest BCUT2D eigenvalue weighted by Crippen LogP contribution is 2.18. The number of hydrogen-bond donors (Lipinski definition) is 1. The predicted molar refractivity (Wildman–Crippen MR) is 115 cm³/mol. The van der Waals surface area contributed by atoms with Crippen LogP contribution in [0.25, 0.3) is 0 Å². The Balaban J connectivity index is 1.50. The summed E-state index contributed by atoms with van der Waals surface area (Å²) in [6.45, 7) is 6.66. The van der Waals surface area contributed by atoms with Crippen LogP contribution in [0.5, 0.6) is 0 Å². The lowest BCUT2D eigenvalue weighted by atomic mass is 10.2. The maximum Gasteiger partial charge on any atom is 0.243 e. The fourth-order valence-electron chi connectivity index (χ4n) is 3.41. The minimum atomic E-state index is -3.52. The molecular weight excluding hydrogens is 386 g/mol. The largest absolute Gasteiger partial charge is 0.379 e. The fraction of sp³-hybridized carbons (Fsp3) is 0.455. The Kier molecular flexibility index (Phi) is 8.20. The van der Waals surface area contributed by atoms with Gasteiger partial charge in [-0.05, 0) is 42.8 Å². The highest BCUT2D eigenvalue weighted by molar-refractivity contribution is 7.89. The monoisotopic (exact) mass is 417 g/mol. The van der Waals surface area contributed by atoms with Crippen LogP contribution in [0, 0.1) is 0 Å². The summed E-state index contributed by atoms with van der Waals surface area (Å²) in [7, 11) is -1.90. The number of nitrogens with zero attached hydrogens (tertiary/aromatic N) is 2. The Labute approximate surface area is 174 Å². The van der Waals surface area contributed by atoms with E-state index in [4.69, 9.17) is 4.74 Å². The number of rotatable bonds is 10. The third-order valence-electron chi connectivity index (χ3n) is 5.12. The van der Waals surface area contributed by atoms with Gasteiger partial charge in [-0.15, -0.1) is 0 Å². The average molecular weight is 418 g/mol. The molecular formula is C22H31N3O3S. The molecule has 2 aromatic rings. The molecule has 1 fully saturated rings. The third kappa shape index (κ3) is 6.62. The van der Waals surface area contributed by atoms with Crippen molar-refractivity contribution < 1.29 is 13.2 Å². The van der Waals surface area contributed by atoms with E-state index in [9.17, 15) is 8.42 Å². The van der Waals surface area contributed by atoms with Crippen LogP contribution < -0.4 is 5.32 Å². The van der Waals surface area contributed by atoms with E-state index in [0.717, 1.165) is 56.9 Å². The molecule has 0 atom stereocenters. The number of ether oxygens (including phenoxy) is 1. The summed E-state index contributed by atoms with van der Waals surface area (Å²) < 4.78 is 32.6. The highest BCUT2D eigenvalue weighted by atomic mass is 32.2. The molecule has 0 spiro atoms. The Morgan fingerprint density at radius 2 is 1.76 bits per heavy atom. The summed E-state index contributed by atoms with van der Waals surface area (Å²) in [4.78, 5) is 2.75. The molecule has 1 saturated heterocycles. The molecule has 0 radical (unpaired) electrons. The van der Waals surface area contributed by atoms with Crippen molar-refractivity contribution in [2.45, 2.75) is 24.4 Å². The van der Waals surface area contributed by atoms with Crippen LogP contribution in [-0.4, -0.2) is 64.1 Å². The van der Waals surface area contributed by atoms with Crippen LogP contribution in [0.2, 0.25) is 0 Å². The van der Waals surface area contributed by atoms with Crippen molar-refractivity contribution in [2.75, 3.05) is 46.4 Å². The Morgan fingerprint density at radius 1 is 1.03 bits per heavy atom. The average Bonchev–Trinajstić information content (AvgIpc) is 2.75. The number of nitrogens with one attached hydrogen (secondary N) is 1. The number of hydrogen-bond acceptors (Lipinski definition) is 5. The van der Waals surface area contributed by atoms with Crippen LogP contribution in [0.15, 0.2) is 59.5 Å². The molecule has 7 heteroatoms.